The van der Waals surface area contributed by atoms with E-state index in [1.807, 2.05) is 0 Å². The Hall–Kier alpha value is -2.42. The molecule has 2 atom stereocenters. The molecular formula is C24H25NO2. The summed E-state index contributed by atoms with van der Waals surface area (Å²) in [5.74, 6) is -0.299. The van der Waals surface area contributed by atoms with Gasteiger partial charge >= 0.3 is 0 Å². The Kier molecular flexibility index (Phi) is 3.92. The average molecular weight is 359 g/mol. The van der Waals surface area contributed by atoms with Crippen molar-refractivity contribution in [1.82, 2.24) is 4.90 Å². The maximum Gasteiger partial charge on any atom is 0.234 e. The highest BCUT2D eigenvalue weighted by molar-refractivity contribution is 6.07. The number of imide groups is 1. The zero-order chi connectivity index (χ0) is 18.5. The first kappa shape index (κ1) is 16.7. The summed E-state index contributed by atoms with van der Waals surface area (Å²) in [6.45, 7) is 2.75. The summed E-state index contributed by atoms with van der Waals surface area (Å²) in [6.07, 6.45) is 4.31. The first-order chi connectivity index (χ1) is 13.2. The van der Waals surface area contributed by atoms with Crippen LogP contribution in [0.15, 0.2) is 48.5 Å². The summed E-state index contributed by atoms with van der Waals surface area (Å²) >= 11 is 0. The van der Waals surface area contributed by atoms with Crippen LogP contribution in [0.1, 0.15) is 66.7 Å². The number of hydrogen-bond acceptors (Lipinski definition) is 2. The van der Waals surface area contributed by atoms with Gasteiger partial charge < -0.3 is 0 Å². The van der Waals surface area contributed by atoms with Crippen LogP contribution in [0.4, 0.5) is 0 Å². The maximum absolute atomic E-state index is 13.3. The molecule has 138 valence electrons. The third-order valence-electron chi connectivity index (χ3n) is 6.78. The van der Waals surface area contributed by atoms with Crippen LogP contribution in [0.5, 0.6) is 0 Å². The summed E-state index contributed by atoms with van der Waals surface area (Å²) < 4.78 is 0. The van der Waals surface area contributed by atoms with Gasteiger partial charge in [-0.3, -0.25) is 14.5 Å². The van der Waals surface area contributed by atoms with Crippen molar-refractivity contribution in [3.63, 3.8) is 0 Å². The Morgan fingerprint density at radius 2 is 1.15 bits per heavy atom. The van der Waals surface area contributed by atoms with Gasteiger partial charge in [0.1, 0.15) is 0 Å². The van der Waals surface area contributed by atoms with Crippen molar-refractivity contribution in [2.24, 2.45) is 11.8 Å². The molecule has 3 nitrogen and oxygen atoms in total. The fourth-order valence-corrected chi connectivity index (χ4v) is 5.66. The Bertz CT molecular complexity index is 803. The molecule has 1 fully saturated rings. The van der Waals surface area contributed by atoms with Crippen LogP contribution >= 0.6 is 0 Å². The van der Waals surface area contributed by atoms with E-state index in [1.165, 1.54) is 22.3 Å². The number of carbonyl (C=O) groups excluding carboxylic acids is 2. The van der Waals surface area contributed by atoms with E-state index in [-0.39, 0.29) is 35.5 Å². The number of benzene rings is 2. The average Bonchev–Trinajstić information content (AvgIpc) is 2.96. The van der Waals surface area contributed by atoms with Gasteiger partial charge in [-0.15, -0.1) is 0 Å². The van der Waals surface area contributed by atoms with Crippen LogP contribution in [0, 0.1) is 11.8 Å². The number of hydrogen-bond donors (Lipinski definition) is 0. The van der Waals surface area contributed by atoms with Crippen molar-refractivity contribution in [3.8, 4) is 0 Å². The molecule has 0 saturated carbocycles. The van der Waals surface area contributed by atoms with Gasteiger partial charge in [0.15, 0.2) is 0 Å². The molecule has 0 aromatic heterocycles. The fourth-order valence-electron chi connectivity index (χ4n) is 5.66. The van der Waals surface area contributed by atoms with Gasteiger partial charge in [-0.25, -0.2) is 0 Å². The number of amides is 2. The van der Waals surface area contributed by atoms with E-state index in [2.05, 4.69) is 55.5 Å². The van der Waals surface area contributed by atoms with Crippen molar-refractivity contribution in [2.45, 2.75) is 44.4 Å². The molecule has 1 heterocycles. The van der Waals surface area contributed by atoms with Gasteiger partial charge in [-0.05, 0) is 28.7 Å². The lowest BCUT2D eigenvalue weighted by atomic mass is 9.55. The molecular weight excluding hydrogens is 334 g/mol. The molecule has 4 aliphatic rings. The van der Waals surface area contributed by atoms with Gasteiger partial charge in [0.2, 0.25) is 11.8 Å². The number of rotatable bonds is 5. The highest BCUT2D eigenvalue weighted by atomic mass is 16.2. The lowest BCUT2D eigenvalue weighted by molar-refractivity contribution is -0.140. The minimum atomic E-state index is -0.224. The van der Waals surface area contributed by atoms with E-state index < -0.39 is 0 Å². The van der Waals surface area contributed by atoms with Crippen molar-refractivity contribution < 1.29 is 9.59 Å². The molecule has 2 amide bonds. The van der Waals surface area contributed by atoms with E-state index >= 15 is 0 Å². The van der Waals surface area contributed by atoms with Crippen LogP contribution in [0.2, 0.25) is 0 Å². The van der Waals surface area contributed by atoms with Gasteiger partial charge in [0, 0.05) is 18.4 Å². The second-order valence-corrected chi connectivity index (χ2v) is 8.15. The van der Waals surface area contributed by atoms with E-state index in [0.29, 0.717) is 6.54 Å². The summed E-state index contributed by atoms with van der Waals surface area (Å²) in [7, 11) is 0. The van der Waals surface area contributed by atoms with Gasteiger partial charge in [-0.1, -0.05) is 74.7 Å². The van der Waals surface area contributed by atoms with Crippen molar-refractivity contribution in [3.05, 3.63) is 70.8 Å². The quantitative estimate of drug-likeness (QED) is 0.584. The van der Waals surface area contributed by atoms with E-state index in [4.69, 9.17) is 0 Å². The highest BCUT2D eigenvalue weighted by Gasteiger charge is 2.61. The predicted molar refractivity (Wildman–Crippen MR) is 104 cm³/mol. The van der Waals surface area contributed by atoms with Gasteiger partial charge in [-0.2, -0.15) is 0 Å². The molecule has 1 aliphatic heterocycles. The summed E-state index contributed by atoms with van der Waals surface area (Å²) in [4.78, 5) is 28.2. The van der Waals surface area contributed by atoms with Crippen LogP contribution in [-0.2, 0) is 9.59 Å². The molecule has 2 unspecified atom stereocenters. The fraction of sp³-hybridized carbons (Fsp3) is 0.417. The normalized spacial score (nSPS) is 27.5. The molecule has 27 heavy (non-hydrogen) atoms. The number of unbranched alkanes of at least 4 members (excludes halogenated alkanes) is 3. The minimum absolute atomic E-state index is 0.0180. The molecule has 0 N–H and O–H groups in total. The first-order valence-electron chi connectivity index (χ1n) is 10.3. The summed E-state index contributed by atoms with van der Waals surface area (Å²) in [5.41, 5.74) is 4.99. The van der Waals surface area contributed by atoms with Crippen molar-refractivity contribution >= 4 is 11.8 Å². The first-order valence-corrected chi connectivity index (χ1v) is 10.3. The molecule has 3 aliphatic carbocycles. The third-order valence-corrected chi connectivity index (χ3v) is 6.78. The molecule has 0 radical (unpaired) electrons. The Labute approximate surface area is 160 Å². The highest BCUT2D eigenvalue weighted by Crippen LogP contribution is 2.60. The Balaban J connectivity index is 1.57. The zero-order valence-corrected chi connectivity index (χ0v) is 15.7. The molecule has 6 rings (SSSR count). The van der Waals surface area contributed by atoms with Gasteiger partial charge in [0.05, 0.1) is 11.8 Å². The number of likely N-dealkylation sites (tertiary alicyclic amines) is 1. The largest absolute Gasteiger partial charge is 0.282 e. The standard InChI is InChI=1S/C24H25NO2/c1-2-3-4-9-14-25-23(26)21-19-15-10-5-6-11-16(15)20(22(21)24(25)27)18-13-8-7-12-17(18)19/h5-8,10-13,19-22H,2-4,9,14H2,1H3. The molecule has 2 aromatic rings. The smallest absolute Gasteiger partial charge is 0.234 e. The SMILES string of the molecule is CCCCCCN1C(=O)C2C3c4ccccc4C(c4ccccc43)C2C1=O. The van der Waals surface area contributed by atoms with E-state index in [9.17, 15) is 9.59 Å². The molecule has 2 bridgehead atoms. The van der Waals surface area contributed by atoms with Crippen molar-refractivity contribution in [2.75, 3.05) is 6.54 Å². The summed E-state index contributed by atoms with van der Waals surface area (Å²) in [5, 5.41) is 0. The number of nitrogens with zero attached hydrogens (tertiary/aromatic N) is 1. The maximum atomic E-state index is 13.3. The lowest BCUT2D eigenvalue weighted by Gasteiger charge is -2.45. The van der Waals surface area contributed by atoms with Gasteiger partial charge in [0.25, 0.3) is 0 Å². The van der Waals surface area contributed by atoms with E-state index in [1.54, 1.807) is 4.90 Å². The Morgan fingerprint density at radius 3 is 1.56 bits per heavy atom. The molecule has 3 heteroatoms. The van der Waals surface area contributed by atoms with Crippen LogP contribution in [0.25, 0.3) is 0 Å². The van der Waals surface area contributed by atoms with Crippen LogP contribution < -0.4 is 0 Å². The third kappa shape index (κ3) is 2.27. The second-order valence-electron chi connectivity index (χ2n) is 8.15. The lowest BCUT2D eigenvalue weighted by Crippen LogP contribution is -2.41. The monoisotopic (exact) mass is 359 g/mol. The topological polar surface area (TPSA) is 37.4 Å². The van der Waals surface area contributed by atoms with Crippen LogP contribution in [-0.4, -0.2) is 23.3 Å². The zero-order valence-electron chi connectivity index (χ0n) is 15.7. The second kappa shape index (κ2) is 6.33. The van der Waals surface area contributed by atoms with E-state index in [0.717, 1.165) is 25.7 Å². The minimum Gasteiger partial charge on any atom is -0.282 e. The summed E-state index contributed by atoms with van der Waals surface area (Å²) in [6, 6.07) is 16.8. The molecule has 2 aromatic carbocycles. The predicted octanol–water partition coefficient (Wildman–Crippen LogP) is 4.46. The Morgan fingerprint density at radius 1 is 0.704 bits per heavy atom. The van der Waals surface area contributed by atoms with Crippen LogP contribution in [0.3, 0.4) is 0 Å². The number of carbonyl (C=O) groups is 2. The van der Waals surface area contributed by atoms with Crippen molar-refractivity contribution in [1.29, 1.82) is 0 Å². The molecule has 1 saturated heterocycles. The molecule has 0 spiro atoms.